The summed E-state index contributed by atoms with van der Waals surface area (Å²) in [6.45, 7) is 8.45. The molecule has 0 N–H and O–H groups in total. The van der Waals surface area contributed by atoms with Gasteiger partial charge in [-0.1, -0.05) is 47.5 Å². The summed E-state index contributed by atoms with van der Waals surface area (Å²) in [5.74, 6) is 0. The molecule has 0 heterocycles. The van der Waals surface area contributed by atoms with Crippen molar-refractivity contribution in [3.63, 3.8) is 0 Å². The fraction of sp³-hybridized carbons (Fsp3) is 0.294. The lowest BCUT2D eigenvalue weighted by atomic mass is 9.94. The molecule has 2 rings (SSSR count). The lowest BCUT2D eigenvalue weighted by Gasteiger charge is -2.17. The van der Waals surface area contributed by atoms with Crippen LogP contribution in [-0.4, -0.2) is 0 Å². The smallest absolute Gasteiger partial charge is 0.0840 e. The van der Waals surface area contributed by atoms with E-state index in [1.54, 1.807) is 0 Å². The quantitative estimate of drug-likeness (QED) is 0.646. The Balaban J connectivity index is 2.50. The van der Waals surface area contributed by atoms with E-state index in [1.807, 2.05) is 0 Å². The Morgan fingerprint density at radius 3 is 1.50 bits per heavy atom. The maximum absolute atomic E-state index is 6.69. The third kappa shape index (κ3) is 2.59. The molecule has 18 heavy (non-hydrogen) atoms. The zero-order chi connectivity index (χ0) is 13.3. The molecule has 0 aliphatic carbocycles. The van der Waals surface area contributed by atoms with E-state index in [9.17, 15) is 0 Å². The molecule has 0 aliphatic rings. The molecule has 0 fully saturated rings. The molecule has 2 aromatic rings. The molecule has 0 saturated carbocycles. The first-order chi connectivity index (χ1) is 8.49. The molecule has 0 unspecified atom stereocenters. The average molecular weight is 259 g/mol. The highest BCUT2D eigenvalue weighted by atomic mass is 35.5. The second-order valence-electron chi connectivity index (χ2n) is 5.08. The number of hydrogen-bond donors (Lipinski definition) is 0. The molecule has 0 nitrogen and oxygen atoms in total. The van der Waals surface area contributed by atoms with Crippen LogP contribution in [0.25, 0.3) is 0 Å². The molecule has 0 bridgehead atoms. The first-order valence-electron chi connectivity index (χ1n) is 6.27. The van der Waals surface area contributed by atoms with E-state index in [0.29, 0.717) is 0 Å². The first kappa shape index (κ1) is 13.2. The predicted octanol–water partition coefficient (Wildman–Crippen LogP) is 5.25. The van der Waals surface area contributed by atoms with E-state index < -0.39 is 0 Å². The number of aryl methyl sites for hydroxylation is 4. The molecule has 94 valence electrons. The van der Waals surface area contributed by atoms with Crippen molar-refractivity contribution < 1.29 is 0 Å². The summed E-state index contributed by atoms with van der Waals surface area (Å²) in [6.07, 6.45) is 0. The minimum atomic E-state index is -0.0650. The van der Waals surface area contributed by atoms with Gasteiger partial charge in [0.15, 0.2) is 0 Å². The zero-order valence-electron chi connectivity index (χ0n) is 11.4. The van der Waals surface area contributed by atoms with Crippen LogP contribution < -0.4 is 0 Å². The highest BCUT2D eigenvalue weighted by molar-refractivity contribution is 6.22. The zero-order valence-corrected chi connectivity index (χ0v) is 12.2. The van der Waals surface area contributed by atoms with Crippen LogP contribution >= 0.6 is 11.6 Å². The van der Waals surface area contributed by atoms with Gasteiger partial charge in [0, 0.05) is 0 Å². The van der Waals surface area contributed by atoms with Gasteiger partial charge in [-0.3, -0.25) is 0 Å². The Morgan fingerprint density at radius 1 is 0.722 bits per heavy atom. The third-order valence-corrected chi connectivity index (χ3v) is 3.89. The highest BCUT2D eigenvalue weighted by Crippen LogP contribution is 2.33. The summed E-state index contributed by atoms with van der Waals surface area (Å²) >= 11 is 6.69. The maximum Gasteiger partial charge on any atom is 0.0840 e. The van der Waals surface area contributed by atoms with Gasteiger partial charge in [0.2, 0.25) is 0 Å². The lowest BCUT2D eigenvalue weighted by Crippen LogP contribution is -2.00. The SMILES string of the molecule is Cc1ccc(C)c(C(Cl)c2cc(C)ccc2C)c1. The van der Waals surface area contributed by atoms with Crippen LogP contribution in [0.15, 0.2) is 36.4 Å². The van der Waals surface area contributed by atoms with E-state index in [4.69, 9.17) is 11.6 Å². The standard InChI is InChI=1S/C17H19Cl/c1-11-5-7-13(3)15(9-11)17(18)16-10-12(2)6-8-14(16)4/h5-10,17H,1-4H3. The number of alkyl halides is 1. The van der Waals surface area contributed by atoms with Crippen LogP contribution in [0.4, 0.5) is 0 Å². The average Bonchev–Trinajstić information content (AvgIpc) is 2.34. The Morgan fingerprint density at radius 2 is 1.11 bits per heavy atom. The van der Waals surface area contributed by atoms with E-state index in [2.05, 4.69) is 64.1 Å². The van der Waals surface area contributed by atoms with Crippen molar-refractivity contribution in [2.75, 3.05) is 0 Å². The Hall–Kier alpha value is -1.27. The van der Waals surface area contributed by atoms with Crippen LogP contribution in [-0.2, 0) is 0 Å². The predicted molar refractivity (Wildman–Crippen MR) is 79.5 cm³/mol. The highest BCUT2D eigenvalue weighted by Gasteiger charge is 2.15. The molecule has 0 saturated heterocycles. The van der Waals surface area contributed by atoms with Crippen molar-refractivity contribution in [3.05, 3.63) is 69.8 Å². The second-order valence-corrected chi connectivity index (χ2v) is 5.52. The van der Waals surface area contributed by atoms with Gasteiger partial charge in [-0.05, 0) is 49.9 Å². The Kier molecular flexibility index (Phi) is 3.77. The minimum Gasteiger partial charge on any atom is -0.113 e. The van der Waals surface area contributed by atoms with Crippen molar-refractivity contribution in [1.82, 2.24) is 0 Å². The fourth-order valence-electron chi connectivity index (χ4n) is 2.23. The van der Waals surface area contributed by atoms with Crippen LogP contribution in [0, 0.1) is 27.7 Å². The lowest BCUT2D eigenvalue weighted by molar-refractivity contribution is 1.07. The van der Waals surface area contributed by atoms with E-state index in [-0.39, 0.29) is 5.38 Å². The molecule has 1 heteroatoms. The molecule has 0 aliphatic heterocycles. The van der Waals surface area contributed by atoms with Crippen LogP contribution in [0.1, 0.15) is 38.8 Å². The maximum atomic E-state index is 6.69. The molecule has 0 atom stereocenters. The topological polar surface area (TPSA) is 0 Å². The van der Waals surface area contributed by atoms with Gasteiger partial charge in [-0.2, -0.15) is 0 Å². The normalized spacial score (nSPS) is 11.0. The van der Waals surface area contributed by atoms with E-state index in [1.165, 1.54) is 33.4 Å². The molecule has 0 radical (unpaired) electrons. The van der Waals surface area contributed by atoms with E-state index >= 15 is 0 Å². The van der Waals surface area contributed by atoms with Gasteiger partial charge in [0.25, 0.3) is 0 Å². The summed E-state index contributed by atoms with van der Waals surface area (Å²) in [5.41, 5.74) is 7.44. The largest absolute Gasteiger partial charge is 0.113 e. The minimum absolute atomic E-state index is 0.0650. The summed E-state index contributed by atoms with van der Waals surface area (Å²) in [5, 5.41) is -0.0650. The number of benzene rings is 2. The van der Waals surface area contributed by atoms with Gasteiger partial charge in [0.1, 0.15) is 0 Å². The third-order valence-electron chi connectivity index (χ3n) is 3.42. The molecular weight excluding hydrogens is 240 g/mol. The summed E-state index contributed by atoms with van der Waals surface area (Å²) in [4.78, 5) is 0. The number of halogens is 1. The number of rotatable bonds is 2. The van der Waals surface area contributed by atoms with Gasteiger partial charge >= 0.3 is 0 Å². The fourth-order valence-corrected chi connectivity index (χ4v) is 2.70. The summed E-state index contributed by atoms with van der Waals surface area (Å²) in [7, 11) is 0. The Bertz CT molecular complexity index is 518. The summed E-state index contributed by atoms with van der Waals surface area (Å²) in [6, 6.07) is 12.9. The van der Waals surface area contributed by atoms with Crippen molar-refractivity contribution in [2.45, 2.75) is 33.1 Å². The first-order valence-corrected chi connectivity index (χ1v) is 6.71. The van der Waals surface area contributed by atoms with Crippen molar-refractivity contribution in [1.29, 1.82) is 0 Å². The molecule has 0 amide bonds. The molecular formula is C17H19Cl. The van der Waals surface area contributed by atoms with Gasteiger partial charge in [-0.25, -0.2) is 0 Å². The van der Waals surface area contributed by atoms with Gasteiger partial charge in [-0.15, -0.1) is 11.6 Å². The monoisotopic (exact) mass is 258 g/mol. The van der Waals surface area contributed by atoms with Crippen LogP contribution in [0.2, 0.25) is 0 Å². The molecule has 0 aromatic heterocycles. The van der Waals surface area contributed by atoms with Crippen LogP contribution in [0.3, 0.4) is 0 Å². The van der Waals surface area contributed by atoms with Gasteiger partial charge < -0.3 is 0 Å². The van der Waals surface area contributed by atoms with Crippen molar-refractivity contribution in [3.8, 4) is 0 Å². The molecule has 2 aromatic carbocycles. The second kappa shape index (κ2) is 5.16. The number of hydrogen-bond acceptors (Lipinski definition) is 0. The van der Waals surface area contributed by atoms with Crippen LogP contribution in [0.5, 0.6) is 0 Å². The van der Waals surface area contributed by atoms with Gasteiger partial charge in [0.05, 0.1) is 5.38 Å². The van der Waals surface area contributed by atoms with E-state index in [0.717, 1.165) is 0 Å². The molecule has 0 spiro atoms. The van der Waals surface area contributed by atoms with Crippen molar-refractivity contribution >= 4 is 11.6 Å². The van der Waals surface area contributed by atoms with Crippen molar-refractivity contribution in [2.24, 2.45) is 0 Å². The Labute approximate surface area is 115 Å². The summed E-state index contributed by atoms with van der Waals surface area (Å²) < 4.78 is 0.